The van der Waals surface area contributed by atoms with E-state index in [9.17, 15) is 0 Å². The van der Waals surface area contributed by atoms with Gasteiger partial charge in [-0.1, -0.05) is 0 Å². The third-order valence-electron chi connectivity index (χ3n) is 2.88. The van der Waals surface area contributed by atoms with Gasteiger partial charge in [-0.25, -0.2) is 0 Å². The van der Waals surface area contributed by atoms with Crippen LogP contribution in [0, 0.1) is 5.92 Å². The Morgan fingerprint density at radius 2 is 2.27 bits per heavy atom. The maximum atomic E-state index is 6.19. The number of hydrogen-bond donors (Lipinski definition) is 1. The van der Waals surface area contributed by atoms with Crippen molar-refractivity contribution in [3.8, 4) is 0 Å². The summed E-state index contributed by atoms with van der Waals surface area (Å²) in [5, 5.41) is 2.10. The van der Waals surface area contributed by atoms with Crippen molar-refractivity contribution < 1.29 is 4.74 Å². The molecule has 15 heavy (non-hydrogen) atoms. The number of halogens is 1. The SMILES string of the molecule is NC(CC1CCOCC1)c1cc(Br)cs1. The Labute approximate surface area is 103 Å². The van der Waals surface area contributed by atoms with Crippen LogP contribution in [0.25, 0.3) is 0 Å². The van der Waals surface area contributed by atoms with Crippen molar-refractivity contribution in [2.75, 3.05) is 13.2 Å². The van der Waals surface area contributed by atoms with Crippen LogP contribution >= 0.6 is 27.3 Å². The Morgan fingerprint density at radius 3 is 2.87 bits per heavy atom. The van der Waals surface area contributed by atoms with Gasteiger partial charge in [0.2, 0.25) is 0 Å². The molecule has 0 spiro atoms. The molecule has 0 aromatic carbocycles. The summed E-state index contributed by atoms with van der Waals surface area (Å²) in [4.78, 5) is 1.29. The molecule has 0 bridgehead atoms. The molecule has 1 aliphatic heterocycles. The smallest absolute Gasteiger partial charge is 0.0468 e. The first kappa shape index (κ1) is 11.6. The highest BCUT2D eigenvalue weighted by atomic mass is 79.9. The standard InChI is InChI=1S/C11H16BrNOS/c12-9-6-11(15-7-9)10(13)5-8-1-3-14-4-2-8/h6-8,10H,1-5,13H2. The summed E-state index contributed by atoms with van der Waals surface area (Å²) in [6.07, 6.45) is 3.43. The first-order valence-corrected chi connectivity index (χ1v) is 7.00. The third kappa shape index (κ3) is 3.28. The normalized spacial score (nSPS) is 20.4. The van der Waals surface area contributed by atoms with E-state index in [0.29, 0.717) is 0 Å². The molecule has 1 saturated heterocycles. The van der Waals surface area contributed by atoms with E-state index in [2.05, 4.69) is 27.4 Å². The predicted octanol–water partition coefficient (Wildman–Crippen LogP) is 3.33. The lowest BCUT2D eigenvalue weighted by Gasteiger charge is -2.24. The average Bonchev–Trinajstić information content (AvgIpc) is 2.66. The van der Waals surface area contributed by atoms with Gasteiger partial charge in [-0.2, -0.15) is 0 Å². The van der Waals surface area contributed by atoms with E-state index in [1.54, 1.807) is 11.3 Å². The fraction of sp³-hybridized carbons (Fsp3) is 0.636. The largest absolute Gasteiger partial charge is 0.381 e. The number of hydrogen-bond acceptors (Lipinski definition) is 3. The molecule has 1 aliphatic rings. The van der Waals surface area contributed by atoms with E-state index in [1.807, 2.05) is 0 Å². The van der Waals surface area contributed by atoms with Crippen LogP contribution in [0.5, 0.6) is 0 Å². The Bertz CT molecular complexity index is 309. The predicted molar refractivity (Wildman–Crippen MR) is 67.1 cm³/mol. The molecule has 1 aromatic heterocycles. The first-order valence-electron chi connectivity index (χ1n) is 5.33. The van der Waals surface area contributed by atoms with E-state index in [1.165, 1.54) is 17.7 Å². The molecule has 1 atom stereocenters. The molecule has 0 radical (unpaired) electrons. The van der Waals surface area contributed by atoms with Crippen molar-refractivity contribution in [2.24, 2.45) is 11.7 Å². The van der Waals surface area contributed by atoms with Crippen LogP contribution in [0.4, 0.5) is 0 Å². The van der Waals surface area contributed by atoms with Crippen molar-refractivity contribution in [1.29, 1.82) is 0 Å². The minimum Gasteiger partial charge on any atom is -0.381 e. The van der Waals surface area contributed by atoms with Gasteiger partial charge in [0, 0.05) is 34.0 Å². The van der Waals surface area contributed by atoms with Crippen LogP contribution in [-0.4, -0.2) is 13.2 Å². The molecule has 2 nitrogen and oxygen atoms in total. The van der Waals surface area contributed by atoms with Crippen LogP contribution in [0.3, 0.4) is 0 Å². The molecule has 2 N–H and O–H groups in total. The minimum atomic E-state index is 0.199. The number of ether oxygens (including phenoxy) is 1. The molecular weight excluding hydrogens is 274 g/mol. The van der Waals surface area contributed by atoms with Crippen LogP contribution in [0.2, 0.25) is 0 Å². The zero-order chi connectivity index (χ0) is 10.7. The highest BCUT2D eigenvalue weighted by Gasteiger charge is 2.18. The van der Waals surface area contributed by atoms with Gasteiger partial charge in [-0.05, 0) is 47.2 Å². The van der Waals surface area contributed by atoms with Gasteiger partial charge in [0.05, 0.1) is 0 Å². The molecule has 1 aromatic rings. The first-order chi connectivity index (χ1) is 7.25. The lowest BCUT2D eigenvalue weighted by atomic mass is 9.92. The highest BCUT2D eigenvalue weighted by Crippen LogP contribution is 2.30. The number of rotatable bonds is 3. The second kappa shape index (κ2) is 5.43. The maximum Gasteiger partial charge on any atom is 0.0468 e. The minimum absolute atomic E-state index is 0.199. The molecule has 84 valence electrons. The van der Waals surface area contributed by atoms with Gasteiger partial charge in [0.1, 0.15) is 0 Å². The lowest BCUT2D eigenvalue weighted by molar-refractivity contribution is 0.0619. The fourth-order valence-corrected chi connectivity index (χ4v) is 3.44. The zero-order valence-corrected chi connectivity index (χ0v) is 11.0. The molecule has 0 saturated carbocycles. The van der Waals surface area contributed by atoms with Crippen molar-refractivity contribution in [3.05, 3.63) is 20.8 Å². The van der Waals surface area contributed by atoms with Crippen LogP contribution in [-0.2, 0) is 4.74 Å². The van der Waals surface area contributed by atoms with Gasteiger partial charge >= 0.3 is 0 Å². The summed E-state index contributed by atoms with van der Waals surface area (Å²) in [5.74, 6) is 0.745. The molecule has 0 aliphatic carbocycles. The Hall–Kier alpha value is 0.1000. The van der Waals surface area contributed by atoms with E-state index in [0.717, 1.165) is 30.0 Å². The Morgan fingerprint density at radius 1 is 1.53 bits per heavy atom. The molecule has 2 rings (SSSR count). The summed E-state index contributed by atoms with van der Waals surface area (Å²) >= 11 is 5.20. The monoisotopic (exact) mass is 289 g/mol. The van der Waals surface area contributed by atoms with Crippen molar-refractivity contribution >= 4 is 27.3 Å². The second-order valence-corrected chi connectivity index (χ2v) is 5.92. The quantitative estimate of drug-likeness (QED) is 0.926. The molecular formula is C11H16BrNOS. The Kier molecular flexibility index (Phi) is 4.20. The fourth-order valence-electron chi connectivity index (χ4n) is 1.98. The average molecular weight is 290 g/mol. The zero-order valence-electron chi connectivity index (χ0n) is 8.62. The topological polar surface area (TPSA) is 35.2 Å². The van der Waals surface area contributed by atoms with Gasteiger partial charge in [0.25, 0.3) is 0 Å². The van der Waals surface area contributed by atoms with Crippen LogP contribution in [0.15, 0.2) is 15.9 Å². The number of thiophene rings is 1. The summed E-state index contributed by atoms with van der Waals surface area (Å²) in [5.41, 5.74) is 6.19. The molecule has 1 unspecified atom stereocenters. The van der Waals surface area contributed by atoms with Crippen molar-refractivity contribution in [3.63, 3.8) is 0 Å². The Balaban J connectivity index is 1.88. The lowest BCUT2D eigenvalue weighted by Crippen LogP contribution is -2.21. The van der Waals surface area contributed by atoms with E-state index < -0.39 is 0 Å². The molecule has 4 heteroatoms. The summed E-state index contributed by atoms with van der Waals surface area (Å²) < 4.78 is 6.49. The molecule has 2 heterocycles. The van der Waals surface area contributed by atoms with Gasteiger partial charge in [0.15, 0.2) is 0 Å². The maximum absolute atomic E-state index is 6.19. The number of nitrogens with two attached hydrogens (primary N) is 1. The van der Waals surface area contributed by atoms with Crippen LogP contribution < -0.4 is 5.73 Å². The molecule has 0 amide bonds. The van der Waals surface area contributed by atoms with Gasteiger partial charge < -0.3 is 10.5 Å². The van der Waals surface area contributed by atoms with Crippen molar-refractivity contribution in [2.45, 2.75) is 25.3 Å². The highest BCUT2D eigenvalue weighted by molar-refractivity contribution is 9.10. The summed E-state index contributed by atoms with van der Waals surface area (Å²) in [6.45, 7) is 1.82. The second-order valence-electron chi connectivity index (χ2n) is 4.07. The third-order valence-corrected chi connectivity index (χ3v) is 4.71. The van der Waals surface area contributed by atoms with Crippen molar-refractivity contribution in [1.82, 2.24) is 0 Å². The summed E-state index contributed by atoms with van der Waals surface area (Å²) in [7, 11) is 0. The van der Waals surface area contributed by atoms with Gasteiger partial charge in [-0.15, -0.1) is 11.3 Å². The summed E-state index contributed by atoms with van der Waals surface area (Å²) in [6, 6.07) is 2.33. The van der Waals surface area contributed by atoms with E-state index in [4.69, 9.17) is 10.5 Å². The van der Waals surface area contributed by atoms with Gasteiger partial charge in [-0.3, -0.25) is 0 Å². The van der Waals surface area contributed by atoms with E-state index in [-0.39, 0.29) is 6.04 Å². The molecule has 1 fully saturated rings. The van der Waals surface area contributed by atoms with E-state index >= 15 is 0 Å². The van der Waals surface area contributed by atoms with Crippen LogP contribution in [0.1, 0.15) is 30.2 Å².